The third-order valence-electron chi connectivity index (χ3n) is 4.23. The van der Waals surface area contributed by atoms with E-state index in [1.807, 2.05) is 0 Å². The second-order valence-electron chi connectivity index (χ2n) is 6.89. The first-order valence-electron chi connectivity index (χ1n) is 11.3. The number of rotatable bonds is 23. The summed E-state index contributed by atoms with van der Waals surface area (Å²) >= 11 is 0. The van der Waals surface area contributed by atoms with Crippen LogP contribution in [-0.4, -0.2) is 65.4 Å². The third-order valence-corrected chi connectivity index (χ3v) is 4.23. The maximum atomic E-state index is 11.5. The molecule has 0 rings (SSSR count). The van der Waals surface area contributed by atoms with E-state index in [9.17, 15) is 4.79 Å². The van der Waals surface area contributed by atoms with Crippen molar-refractivity contribution in [1.29, 1.82) is 0 Å². The number of hydrogen-bond acceptors (Lipinski definition) is 6. The Morgan fingerprint density at radius 1 is 0.500 bits per heavy atom. The predicted molar refractivity (Wildman–Crippen MR) is 112 cm³/mol. The van der Waals surface area contributed by atoms with Gasteiger partial charge in [0.05, 0.1) is 46.2 Å². The Labute approximate surface area is 172 Å². The van der Waals surface area contributed by atoms with Gasteiger partial charge in [-0.05, 0) is 12.8 Å². The van der Waals surface area contributed by atoms with E-state index in [2.05, 4.69) is 13.8 Å². The summed E-state index contributed by atoms with van der Waals surface area (Å²) in [6.07, 6.45) is 11.2. The Hall–Kier alpha value is -0.690. The van der Waals surface area contributed by atoms with Crippen LogP contribution in [0.2, 0.25) is 0 Å². The fourth-order valence-electron chi connectivity index (χ4n) is 2.55. The topological polar surface area (TPSA) is 63.2 Å². The van der Waals surface area contributed by atoms with Gasteiger partial charge in [-0.3, -0.25) is 4.79 Å². The molecule has 0 amide bonds. The van der Waals surface area contributed by atoms with Crippen LogP contribution in [0.5, 0.6) is 0 Å². The first-order valence-corrected chi connectivity index (χ1v) is 11.3. The van der Waals surface area contributed by atoms with Crippen LogP contribution in [0.4, 0.5) is 0 Å². The highest BCUT2D eigenvalue weighted by atomic mass is 16.6. The average molecular weight is 405 g/mol. The molecule has 0 aliphatic rings. The van der Waals surface area contributed by atoms with Crippen LogP contribution in [0.1, 0.15) is 78.1 Å². The van der Waals surface area contributed by atoms with Gasteiger partial charge in [-0.15, -0.1) is 0 Å². The summed E-state index contributed by atoms with van der Waals surface area (Å²) < 4.78 is 26.9. The van der Waals surface area contributed by atoms with Gasteiger partial charge in [-0.2, -0.15) is 0 Å². The minimum absolute atomic E-state index is 0.131. The monoisotopic (exact) mass is 404 g/mol. The summed E-state index contributed by atoms with van der Waals surface area (Å²) in [6, 6.07) is 0. The van der Waals surface area contributed by atoms with E-state index >= 15 is 0 Å². The zero-order valence-corrected chi connectivity index (χ0v) is 18.4. The van der Waals surface area contributed by atoms with E-state index < -0.39 is 0 Å². The maximum Gasteiger partial charge on any atom is 0.305 e. The molecule has 0 spiro atoms. The zero-order valence-electron chi connectivity index (χ0n) is 18.4. The Kier molecular flexibility index (Phi) is 23.7. The molecule has 0 aromatic carbocycles. The normalized spacial score (nSPS) is 11.1. The second-order valence-corrected chi connectivity index (χ2v) is 6.89. The van der Waals surface area contributed by atoms with E-state index in [1.54, 1.807) is 0 Å². The Balaban J connectivity index is 3.07. The first-order chi connectivity index (χ1) is 13.8. The zero-order chi connectivity index (χ0) is 20.5. The summed E-state index contributed by atoms with van der Waals surface area (Å²) in [4.78, 5) is 11.5. The van der Waals surface area contributed by atoms with Gasteiger partial charge in [-0.1, -0.05) is 58.8 Å². The SMILES string of the molecule is CCCCCCCOCCOCCOCCOCCOC(=O)CCCCCC. The van der Waals surface area contributed by atoms with Crippen LogP contribution in [0.3, 0.4) is 0 Å². The Bertz CT molecular complexity index is 311. The lowest BCUT2D eigenvalue weighted by Crippen LogP contribution is -2.14. The first kappa shape index (κ1) is 27.3. The van der Waals surface area contributed by atoms with Gasteiger partial charge in [0.15, 0.2) is 0 Å². The van der Waals surface area contributed by atoms with Crippen LogP contribution in [0, 0.1) is 0 Å². The molecule has 0 unspecified atom stereocenters. The van der Waals surface area contributed by atoms with E-state index in [0.717, 1.165) is 25.9 Å². The average Bonchev–Trinajstić information content (AvgIpc) is 2.70. The minimum Gasteiger partial charge on any atom is -0.463 e. The molecule has 168 valence electrons. The lowest BCUT2D eigenvalue weighted by Gasteiger charge is -2.08. The highest BCUT2D eigenvalue weighted by Crippen LogP contribution is 2.03. The molecule has 0 radical (unpaired) electrons. The van der Waals surface area contributed by atoms with Gasteiger partial charge in [0.25, 0.3) is 0 Å². The summed E-state index contributed by atoms with van der Waals surface area (Å²) in [5, 5.41) is 0. The third kappa shape index (κ3) is 23.3. The number of unbranched alkanes of at least 4 members (excludes halogenated alkanes) is 7. The predicted octanol–water partition coefficient (Wildman–Crippen LogP) is 4.54. The van der Waals surface area contributed by atoms with E-state index in [0.29, 0.717) is 59.3 Å². The highest BCUT2D eigenvalue weighted by Gasteiger charge is 2.02. The summed E-state index contributed by atoms with van der Waals surface area (Å²) in [7, 11) is 0. The summed E-state index contributed by atoms with van der Waals surface area (Å²) in [6.45, 7) is 9.31. The number of esters is 1. The maximum absolute atomic E-state index is 11.5. The quantitative estimate of drug-likeness (QED) is 0.184. The standard InChI is InChI=1S/C22H44O6/c1-3-5-7-9-11-13-24-14-15-25-16-17-26-18-19-27-20-21-28-22(23)12-10-8-6-4-2/h3-21H2,1-2H3. The van der Waals surface area contributed by atoms with E-state index in [4.69, 9.17) is 23.7 Å². The van der Waals surface area contributed by atoms with Crippen molar-refractivity contribution in [1.82, 2.24) is 0 Å². The molecule has 0 N–H and O–H groups in total. The van der Waals surface area contributed by atoms with Crippen molar-refractivity contribution < 1.29 is 28.5 Å². The van der Waals surface area contributed by atoms with Crippen molar-refractivity contribution in [3.8, 4) is 0 Å². The molecule has 6 nitrogen and oxygen atoms in total. The van der Waals surface area contributed by atoms with E-state index in [-0.39, 0.29) is 5.97 Å². The van der Waals surface area contributed by atoms with Crippen LogP contribution in [-0.2, 0) is 28.5 Å². The van der Waals surface area contributed by atoms with Crippen molar-refractivity contribution in [3.05, 3.63) is 0 Å². The fraction of sp³-hybridized carbons (Fsp3) is 0.955. The molecular formula is C22H44O6. The van der Waals surface area contributed by atoms with Crippen LogP contribution in [0.15, 0.2) is 0 Å². The number of hydrogen-bond donors (Lipinski definition) is 0. The van der Waals surface area contributed by atoms with Crippen molar-refractivity contribution >= 4 is 5.97 Å². The largest absolute Gasteiger partial charge is 0.463 e. The van der Waals surface area contributed by atoms with Gasteiger partial charge in [0.2, 0.25) is 0 Å². The molecule has 0 atom stereocenters. The molecule has 28 heavy (non-hydrogen) atoms. The van der Waals surface area contributed by atoms with Crippen molar-refractivity contribution in [2.45, 2.75) is 78.1 Å². The molecule has 0 aliphatic carbocycles. The lowest BCUT2D eigenvalue weighted by atomic mass is 10.2. The molecule has 0 heterocycles. The minimum atomic E-state index is -0.131. The van der Waals surface area contributed by atoms with E-state index in [1.165, 1.54) is 38.5 Å². The highest BCUT2D eigenvalue weighted by molar-refractivity contribution is 5.69. The van der Waals surface area contributed by atoms with Gasteiger partial charge < -0.3 is 23.7 Å². The second kappa shape index (κ2) is 24.3. The van der Waals surface area contributed by atoms with Crippen molar-refractivity contribution in [3.63, 3.8) is 0 Å². The van der Waals surface area contributed by atoms with Crippen molar-refractivity contribution in [2.24, 2.45) is 0 Å². The van der Waals surface area contributed by atoms with Crippen LogP contribution in [0.25, 0.3) is 0 Å². The molecule has 0 bridgehead atoms. The fourth-order valence-corrected chi connectivity index (χ4v) is 2.55. The van der Waals surface area contributed by atoms with Gasteiger partial charge >= 0.3 is 5.97 Å². The molecule has 6 heteroatoms. The van der Waals surface area contributed by atoms with Gasteiger partial charge in [0.1, 0.15) is 6.61 Å². The van der Waals surface area contributed by atoms with Crippen LogP contribution >= 0.6 is 0 Å². The molecule has 0 fully saturated rings. The number of carbonyl (C=O) groups excluding carboxylic acids is 1. The molecule has 0 aromatic heterocycles. The number of ether oxygens (including phenoxy) is 5. The molecule has 0 aliphatic heterocycles. The number of carbonyl (C=O) groups is 1. The van der Waals surface area contributed by atoms with Crippen LogP contribution < -0.4 is 0 Å². The molecule has 0 saturated carbocycles. The van der Waals surface area contributed by atoms with Gasteiger partial charge in [-0.25, -0.2) is 0 Å². The Morgan fingerprint density at radius 3 is 1.46 bits per heavy atom. The molecular weight excluding hydrogens is 360 g/mol. The van der Waals surface area contributed by atoms with Crippen molar-refractivity contribution in [2.75, 3.05) is 59.5 Å². The summed E-state index contributed by atoms with van der Waals surface area (Å²) in [5.41, 5.74) is 0. The Morgan fingerprint density at radius 2 is 0.929 bits per heavy atom. The summed E-state index contributed by atoms with van der Waals surface area (Å²) in [5.74, 6) is -0.131. The van der Waals surface area contributed by atoms with Gasteiger partial charge in [0, 0.05) is 13.0 Å². The lowest BCUT2D eigenvalue weighted by molar-refractivity contribution is -0.145. The smallest absolute Gasteiger partial charge is 0.305 e. The molecule has 0 saturated heterocycles. The molecule has 0 aromatic rings.